The van der Waals surface area contributed by atoms with Crippen molar-refractivity contribution in [2.75, 3.05) is 13.1 Å². The zero-order chi connectivity index (χ0) is 12.6. The molecule has 0 aromatic carbocycles. The second kappa shape index (κ2) is 8.58. The van der Waals surface area contributed by atoms with Gasteiger partial charge in [-0.15, -0.1) is 0 Å². The van der Waals surface area contributed by atoms with Crippen molar-refractivity contribution in [3.05, 3.63) is 24.3 Å². The van der Waals surface area contributed by atoms with Crippen molar-refractivity contribution in [2.24, 2.45) is 0 Å². The van der Waals surface area contributed by atoms with Gasteiger partial charge in [0.15, 0.2) is 0 Å². The van der Waals surface area contributed by atoms with Crippen molar-refractivity contribution < 1.29 is 0 Å². The third-order valence-corrected chi connectivity index (χ3v) is 2.79. The van der Waals surface area contributed by atoms with E-state index in [0.717, 1.165) is 13.1 Å². The fourth-order valence-corrected chi connectivity index (χ4v) is 1.93. The second-order valence-electron chi connectivity index (χ2n) is 5.16. The molecule has 1 nitrogen and oxygen atoms in total. The summed E-state index contributed by atoms with van der Waals surface area (Å²) in [5.74, 6) is 0. The molecule has 0 saturated heterocycles. The van der Waals surface area contributed by atoms with Gasteiger partial charge in [-0.2, -0.15) is 0 Å². The standard InChI is InChI=1S/C15H29N/c1-7-8-9-10-15(6)16(11-13(2)3)12-14(4)5/h15H,2,4,7-12H2,1,3,5-6H3. The lowest BCUT2D eigenvalue weighted by Gasteiger charge is -2.29. The molecule has 0 spiro atoms. The molecule has 1 unspecified atom stereocenters. The molecule has 0 radical (unpaired) electrons. The van der Waals surface area contributed by atoms with Crippen LogP contribution in [0.4, 0.5) is 0 Å². The van der Waals surface area contributed by atoms with Gasteiger partial charge in [0.25, 0.3) is 0 Å². The van der Waals surface area contributed by atoms with Crippen molar-refractivity contribution in [3.63, 3.8) is 0 Å². The van der Waals surface area contributed by atoms with Crippen molar-refractivity contribution >= 4 is 0 Å². The van der Waals surface area contributed by atoms with Crippen molar-refractivity contribution in [1.82, 2.24) is 4.90 Å². The van der Waals surface area contributed by atoms with Crippen LogP contribution in [0.15, 0.2) is 24.3 Å². The van der Waals surface area contributed by atoms with Gasteiger partial charge in [0.2, 0.25) is 0 Å². The van der Waals surface area contributed by atoms with E-state index in [0.29, 0.717) is 6.04 Å². The van der Waals surface area contributed by atoms with Crippen molar-refractivity contribution in [2.45, 2.75) is 59.4 Å². The Labute approximate surface area is 102 Å². The van der Waals surface area contributed by atoms with Crippen LogP contribution in [-0.2, 0) is 0 Å². The summed E-state index contributed by atoms with van der Waals surface area (Å²) in [4.78, 5) is 2.49. The topological polar surface area (TPSA) is 3.24 Å². The van der Waals surface area contributed by atoms with Crippen LogP contribution in [0.2, 0.25) is 0 Å². The molecular formula is C15H29N. The smallest absolute Gasteiger partial charge is 0.0193 e. The van der Waals surface area contributed by atoms with E-state index in [1.165, 1.54) is 36.8 Å². The van der Waals surface area contributed by atoms with Crippen LogP contribution in [0.3, 0.4) is 0 Å². The quantitative estimate of drug-likeness (QED) is 0.413. The minimum Gasteiger partial charge on any atom is -0.293 e. The molecule has 0 aliphatic rings. The fourth-order valence-electron chi connectivity index (χ4n) is 1.93. The van der Waals surface area contributed by atoms with Gasteiger partial charge in [0.05, 0.1) is 0 Å². The van der Waals surface area contributed by atoms with Gasteiger partial charge in [0.1, 0.15) is 0 Å². The first kappa shape index (κ1) is 15.4. The van der Waals surface area contributed by atoms with Crippen LogP contribution in [0.25, 0.3) is 0 Å². The summed E-state index contributed by atoms with van der Waals surface area (Å²) in [5, 5.41) is 0. The highest BCUT2D eigenvalue weighted by atomic mass is 15.1. The van der Waals surface area contributed by atoms with Crippen LogP contribution in [0.1, 0.15) is 53.4 Å². The number of hydrogen-bond donors (Lipinski definition) is 0. The first-order valence-electron chi connectivity index (χ1n) is 6.50. The van der Waals surface area contributed by atoms with Crippen LogP contribution in [0, 0.1) is 0 Å². The maximum Gasteiger partial charge on any atom is 0.0193 e. The van der Waals surface area contributed by atoms with Crippen LogP contribution >= 0.6 is 0 Å². The van der Waals surface area contributed by atoms with E-state index in [9.17, 15) is 0 Å². The molecular weight excluding hydrogens is 194 g/mol. The maximum absolute atomic E-state index is 4.01. The normalized spacial score (nSPS) is 12.8. The fraction of sp³-hybridized carbons (Fsp3) is 0.733. The molecule has 0 amide bonds. The summed E-state index contributed by atoms with van der Waals surface area (Å²) in [5.41, 5.74) is 2.48. The highest BCUT2D eigenvalue weighted by molar-refractivity contribution is 4.99. The maximum atomic E-state index is 4.01. The van der Waals surface area contributed by atoms with Gasteiger partial charge in [0, 0.05) is 19.1 Å². The van der Waals surface area contributed by atoms with Gasteiger partial charge in [-0.05, 0) is 27.2 Å². The number of unbranched alkanes of at least 4 members (excludes halogenated alkanes) is 2. The van der Waals surface area contributed by atoms with E-state index in [2.05, 4.69) is 45.8 Å². The van der Waals surface area contributed by atoms with Gasteiger partial charge < -0.3 is 0 Å². The average Bonchev–Trinajstić information content (AvgIpc) is 2.15. The van der Waals surface area contributed by atoms with Crippen molar-refractivity contribution in [1.29, 1.82) is 0 Å². The monoisotopic (exact) mass is 223 g/mol. The lowest BCUT2D eigenvalue weighted by Crippen LogP contribution is -2.35. The predicted octanol–water partition coefficient (Wildman–Crippen LogP) is 4.41. The first-order valence-corrected chi connectivity index (χ1v) is 6.50. The molecule has 0 aliphatic heterocycles. The van der Waals surface area contributed by atoms with E-state index in [1.807, 2.05) is 0 Å². The molecule has 0 rings (SSSR count). The summed E-state index contributed by atoms with van der Waals surface area (Å²) in [6.45, 7) is 18.8. The van der Waals surface area contributed by atoms with Crippen molar-refractivity contribution in [3.8, 4) is 0 Å². The third kappa shape index (κ3) is 7.70. The summed E-state index contributed by atoms with van der Waals surface area (Å²) in [7, 11) is 0. The molecule has 0 heterocycles. The highest BCUT2D eigenvalue weighted by Crippen LogP contribution is 2.12. The van der Waals surface area contributed by atoms with E-state index in [-0.39, 0.29) is 0 Å². The lowest BCUT2D eigenvalue weighted by molar-refractivity contribution is 0.230. The Bertz CT molecular complexity index is 201. The molecule has 1 heteroatoms. The molecule has 1 atom stereocenters. The summed E-state index contributed by atoms with van der Waals surface area (Å²) in [6.07, 6.45) is 5.26. The summed E-state index contributed by atoms with van der Waals surface area (Å²) >= 11 is 0. The average molecular weight is 223 g/mol. The minimum absolute atomic E-state index is 0.639. The molecule has 0 aliphatic carbocycles. The van der Waals surface area contributed by atoms with E-state index in [1.54, 1.807) is 0 Å². The minimum atomic E-state index is 0.639. The zero-order valence-electron chi connectivity index (χ0n) is 11.7. The van der Waals surface area contributed by atoms with Gasteiger partial charge in [-0.25, -0.2) is 0 Å². The van der Waals surface area contributed by atoms with E-state index < -0.39 is 0 Å². The molecule has 0 bridgehead atoms. The summed E-state index contributed by atoms with van der Waals surface area (Å²) in [6, 6.07) is 0.639. The molecule has 16 heavy (non-hydrogen) atoms. The molecule has 0 aromatic rings. The molecule has 94 valence electrons. The van der Waals surface area contributed by atoms with Crippen LogP contribution < -0.4 is 0 Å². The van der Waals surface area contributed by atoms with Gasteiger partial charge >= 0.3 is 0 Å². The number of nitrogens with zero attached hydrogens (tertiary/aromatic N) is 1. The third-order valence-electron chi connectivity index (χ3n) is 2.79. The molecule has 0 N–H and O–H groups in total. The molecule has 0 fully saturated rings. The van der Waals surface area contributed by atoms with E-state index >= 15 is 0 Å². The highest BCUT2D eigenvalue weighted by Gasteiger charge is 2.13. The Morgan fingerprint density at radius 2 is 1.56 bits per heavy atom. The molecule has 0 saturated carbocycles. The van der Waals surface area contributed by atoms with Crippen LogP contribution in [0.5, 0.6) is 0 Å². The number of rotatable bonds is 9. The Hall–Kier alpha value is -0.560. The zero-order valence-corrected chi connectivity index (χ0v) is 11.7. The first-order chi connectivity index (χ1) is 7.47. The predicted molar refractivity (Wildman–Crippen MR) is 74.8 cm³/mol. The van der Waals surface area contributed by atoms with Gasteiger partial charge in [-0.3, -0.25) is 4.90 Å². The van der Waals surface area contributed by atoms with Gasteiger partial charge in [-0.1, -0.05) is 50.5 Å². The second-order valence-corrected chi connectivity index (χ2v) is 5.16. The Morgan fingerprint density at radius 1 is 1.06 bits per heavy atom. The molecule has 0 aromatic heterocycles. The largest absolute Gasteiger partial charge is 0.293 e. The lowest BCUT2D eigenvalue weighted by atomic mass is 10.1. The van der Waals surface area contributed by atoms with E-state index in [4.69, 9.17) is 0 Å². The Kier molecular flexibility index (Phi) is 8.28. The summed E-state index contributed by atoms with van der Waals surface area (Å²) < 4.78 is 0. The Balaban J connectivity index is 4.14. The SMILES string of the molecule is C=C(C)CN(CC(=C)C)C(C)CCCCC. The van der Waals surface area contributed by atoms with Crippen LogP contribution in [-0.4, -0.2) is 24.0 Å². The Morgan fingerprint density at radius 3 is 1.94 bits per heavy atom. The number of hydrogen-bond acceptors (Lipinski definition) is 1.